The Kier molecular flexibility index (Phi) is 7.63. The minimum atomic E-state index is -0.285. The number of hydrogen-bond acceptors (Lipinski definition) is 3. The number of carbonyl (C=O) groups excluding carboxylic acids is 2. The molecule has 0 saturated carbocycles. The number of benzene rings is 3. The fraction of sp³-hybridized carbons (Fsp3) is 0.167. The third-order valence-corrected chi connectivity index (χ3v) is 5.16. The van der Waals surface area contributed by atoms with E-state index in [0.29, 0.717) is 5.56 Å². The van der Waals surface area contributed by atoms with E-state index in [-0.39, 0.29) is 30.8 Å². The van der Waals surface area contributed by atoms with Gasteiger partial charge in [0.25, 0.3) is 5.91 Å². The number of rotatable bonds is 8. The number of ether oxygens (including phenoxy) is 1. The van der Waals surface area contributed by atoms with Gasteiger partial charge in [-0.05, 0) is 47.5 Å². The Hall–Kier alpha value is -3.12. The van der Waals surface area contributed by atoms with E-state index in [2.05, 4.69) is 26.6 Å². The van der Waals surface area contributed by atoms with Crippen LogP contribution in [0.3, 0.4) is 0 Å². The van der Waals surface area contributed by atoms with Crippen molar-refractivity contribution in [3.05, 3.63) is 100 Å². The summed E-state index contributed by atoms with van der Waals surface area (Å²) in [5, 5.41) is 5.86. The average molecular weight is 467 g/mol. The lowest BCUT2D eigenvalue weighted by Crippen LogP contribution is -2.33. The van der Waals surface area contributed by atoms with Crippen LogP contribution in [0.2, 0.25) is 0 Å². The van der Waals surface area contributed by atoms with Crippen molar-refractivity contribution >= 4 is 27.7 Å². The van der Waals surface area contributed by atoms with Crippen molar-refractivity contribution in [3.8, 4) is 5.75 Å². The van der Waals surface area contributed by atoms with Gasteiger partial charge in [0.2, 0.25) is 5.91 Å². The number of hydrogen-bond donors (Lipinski definition) is 2. The van der Waals surface area contributed by atoms with E-state index in [1.165, 1.54) is 0 Å². The van der Waals surface area contributed by atoms with Gasteiger partial charge in [-0.2, -0.15) is 0 Å². The maximum Gasteiger partial charge on any atom is 0.251 e. The number of nitrogens with one attached hydrogen (secondary N) is 2. The van der Waals surface area contributed by atoms with E-state index in [4.69, 9.17) is 4.74 Å². The van der Waals surface area contributed by atoms with Gasteiger partial charge in [0, 0.05) is 23.0 Å². The predicted octanol–water partition coefficient (Wildman–Crippen LogP) is 4.48. The van der Waals surface area contributed by atoms with E-state index in [1.54, 1.807) is 31.4 Å². The highest BCUT2D eigenvalue weighted by atomic mass is 79.9. The van der Waals surface area contributed by atoms with Crippen molar-refractivity contribution in [2.75, 3.05) is 13.7 Å². The topological polar surface area (TPSA) is 67.4 Å². The van der Waals surface area contributed by atoms with Gasteiger partial charge in [0.05, 0.1) is 13.2 Å². The molecule has 0 radical (unpaired) electrons. The van der Waals surface area contributed by atoms with Crippen molar-refractivity contribution < 1.29 is 14.3 Å². The maximum absolute atomic E-state index is 12.6. The number of halogens is 1. The summed E-state index contributed by atoms with van der Waals surface area (Å²) in [6, 6.07) is 24.2. The molecule has 0 aliphatic heterocycles. The molecule has 0 aliphatic carbocycles. The zero-order valence-electron chi connectivity index (χ0n) is 16.6. The van der Waals surface area contributed by atoms with Crippen molar-refractivity contribution in [2.45, 2.75) is 12.5 Å². The smallest absolute Gasteiger partial charge is 0.251 e. The normalized spacial score (nSPS) is 11.4. The molecule has 0 bridgehead atoms. The van der Waals surface area contributed by atoms with Crippen molar-refractivity contribution in [1.82, 2.24) is 10.6 Å². The standard InChI is InChI=1S/C24H23BrN2O3/c1-30-21-13-9-18(10-14-21)23(17-5-3-2-4-6-17)27-22(28)15-16-26-24(29)19-7-11-20(25)12-8-19/h2-14,23H,15-16H2,1H3,(H,26,29)(H,27,28)/t23-/m1/s1. The van der Waals surface area contributed by atoms with Crippen molar-refractivity contribution in [3.63, 3.8) is 0 Å². The molecule has 3 aromatic rings. The lowest BCUT2D eigenvalue weighted by atomic mass is 9.98. The lowest BCUT2D eigenvalue weighted by Gasteiger charge is -2.20. The Morgan fingerprint density at radius 2 is 1.53 bits per heavy atom. The molecular weight excluding hydrogens is 444 g/mol. The molecule has 0 fully saturated rings. The number of methoxy groups -OCH3 is 1. The summed E-state index contributed by atoms with van der Waals surface area (Å²) in [5.41, 5.74) is 2.49. The van der Waals surface area contributed by atoms with Crippen LogP contribution in [0.25, 0.3) is 0 Å². The molecule has 6 heteroatoms. The van der Waals surface area contributed by atoms with Crippen LogP contribution in [0, 0.1) is 0 Å². The molecule has 1 atom stereocenters. The van der Waals surface area contributed by atoms with Crippen molar-refractivity contribution in [1.29, 1.82) is 0 Å². The first-order chi connectivity index (χ1) is 14.6. The van der Waals surface area contributed by atoms with Crippen LogP contribution in [-0.2, 0) is 4.79 Å². The average Bonchev–Trinajstić information content (AvgIpc) is 2.78. The first kappa shape index (κ1) is 21.6. The number of carbonyl (C=O) groups is 2. The van der Waals surface area contributed by atoms with Crippen LogP contribution in [-0.4, -0.2) is 25.5 Å². The fourth-order valence-corrected chi connectivity index (χ4v) is 3.29. The Bertz CT molecular complexity index is 974. The third-order valence-electron chi connectivity index (χ3n) is 4.63. The molecule has 0 aromatic heterocycles. The van der Waals surface area contributed by atoms with Crippen LogP contribution in [0.1, 0.15) is 33.9 Å². The molecule has 154 valence electrons. The number of amides is 2. The van der Waals surface area contributed by atoms with Gasteiger partial charge in [-0.15, -0.1) is 0 Å². The highest BCUT2D eigenvalue weighted by Gasteiger charge is 2.17. The van der Waals surface area contributed by atoms with Crippen LogP contribution in [0.4, 0.5) is 0 Å². The van der Waals surface area contributed by atoms with Crippen molar-refractivity contribution in [2.24, 2.45) is 0 Å². The molecule has 0 unspecified atom stereocenters. The quantitative estimate of drug-likeness (QED) is 0.513. The minimum absolute atomic E-state index is 0.143. The highest BCUT2D eigenvalue weighted by molar-refractivity contribution is 9.10. The van der Waals surface area contributed by atoms with Gasteiger partial charge in [0.1, 0.15) is 5.75 Å². The van der Waals surface area contributed by atoms with E-state index in [9.17, 15) is 9.59 Å². The van der Waals surface area contributed by atoms with Gasteiger partial charge in [0.15, 0.2) is 0 Å². The van der Waals surface area contributed by atoms with Crippen LogP contribution in [0.5, 0.6) is 5.75 Å². The zero-order chi connectivity index (χ0) is 21.3. The van der Waals surface area contributed by atoms with Crippen LogP contribution < -0.4 is 15.4 Å². The van der Waals surface area contributed by atoms with Crippen LogP contribution in [0.15, 0.2) is 83.3 Å². The second kappa shape index (κ2) is 10.6. The van der Waals surface area contributed by atoms with Gasteiger partial charge in [-0.3, -0.25) is 9.59 Å². The highest BCUT2D eigenvalue weighted by Crippen LogP contribution is 2.24. The Labute approximate surface area is 184 Å². The summed E-state index contributed by atoms with van der Waals surface area (Å²) in [7, 11) is 1.62. The molecule has 30 heavy (non-hydrogen) atoms. The maximum atomic E-state index is 12.6. The molecule has 0 spiro atoms. The summed E-state index contributed by atoms with van der Waals surface area (Å²) in [6.07, 6.45) is 0.182. The van der Waals surface area contributed by atoms with Gasteiger partial charge in [-0.1, -0.05) is 58.4 Å². The Morgan fingerprint density at radius 1 is 0.900 bits per heavy atom. The molecule has 3 aromatic carbocycles. The molecule has 0 heterocycles. The summed E-state index contributed by atoms with van der Waals surface area (Å²) in [5.74, 6) is 0.411. The summed E-state index contributed by atoms with van der Waals surface area (Å²) >= 11 is 3.34. The molecule has 2 N–H and O–H groups in total. The third kappa shape index (κ3) is 5.94. The first-order valence-electron chi connectivity index (χ1n) is 9.59. The minimum Gasteiger partial charge on any atom is -0.497 e. The largest absolute Gasteiger partial charge is 0.497 e. The Morgan fingerprint density at radius 3 is 2.17 bits per heavy atom. The molecule has 5 nitrogen and oxygen atoms in total. The molecule has 0 saturated heterocycles. The summed E-state index contributed by atoms with van der Waals surface area (Å²) < 4.78 is 6.13. The van der Waals surface area contributed by atoms with Gasteiger partial charge < -0.3 is 15.4 Å². The first-order valence-corrected chi connectivity index (χ1v) is 10.4. The molecule has 3 rings (SSSR count). The monoisotopic (exact) mass is 466 g/mol. The van der Waals surface area contributed by atoms with E-state index >= 15 is 0 Å². The van der Waals surface area contributed by atoms with Gasteiger partial charge >= 0.3 is 0 Å². The lowest BCUT2D eigenvalue weighted by molar-refractivity contribution is -0.121. The molecule has 2 amide bonds. The second-order valence-electron chi connectivity index (χ2n) is 6.70. The molecular formula is C24H23BrN2O3. The second-order valence-corrected chi connectivity index (χ2v) is 7.61. The predicted molar refractivity (Wildman–Crippen MR) is 121 cm³/mol. The van der Waals surface area contributed by atoms with Crippen LogP contribution >= 0.6 is 15.9 Å². The summed E-state index contributed by atoms with van der Waals surface area (Å²) in [6.45, 7) is 0.255. The van der Waals surface area contributed by atoms with E-state index in [0.717, 1.165) is 21.3 Å². The van der Waals surface area contributed by atoms with E-state index in [1.807, 2.05) is 54.6 Å². The van der Waals surface area contributed by atoms with E-state index < -0.39 is 0 Å². The summed E-state index contributed by atoms with van der Waals surface area (Å²) in [4.78, 5) is 24.8. The molecule has 0 aliphatic rings. The van der Waals surface area contributed by atoms with Gasteiger partial charge in [-0.25, -0.2) is 0 Å². The fourth-order valence-electron chi connectivity index (χ4n) is 3.03. The zero-order valence-corrected chi connectivity index (χ0v) is 18.2. The Balaban J connectivity index is 1.61. The SMILES string of the molecule is COc1ccc([C@H](NC(=O)CCNC(=O)c2ccc(Br)cc2)c2ccccc2)cc1.